The summed E-state index contributed by atoms with van der Waals surface area (Å²) >= 11 is 0. The quantitative estimate of drug-likeness (QED) is 0.714. The number of hydrogen-bond acceptors (Lipinski definition) is 3. The van der Waals surface area contributed by atoms with Gasteiger partial charge in [-0.25, -0.2) is 0 Å². The van der Waals surface area contributed by atoms with Crippen LogP contribution in [0.4, 0.5) is 0 Å². The second-order valence-corrected chi connectivity index (χ2v) is 4.36. The molecule has 16 heavy (non-hydrogen) atoms. The average molecular weight is 228 g/mol. The molecule has 1 amide bonds. The molecule has 0 aromatic carbocycles. The third-order valence-electron chi connectivity index (χ3n) is 2.91. The molecule has 4 heteroatoms. The Labute approximate surface area is 98.1 Å². The van der Waals surface area contributed by atoms with Gasteiger partial charge in [0, 0.05) is 19.1 Å². The third-order valence-corrected chi connectivity index (χ3v) is 2.91. The molecule has 4 nitrogen and oxygen atoms in total. The highest BCUT2D eigenvalue weighted by atomic mass is 16.5. The average Bonchev–Trinajstić information content (AvgIpc) is 2.29. The van der Waals surface area contributed by atoms with Crippen molar-refractivity contribution in [2.24, 2.45) is 0 Å². The molecule has 1 aliphatic rings. The van der Waals surface area contributed by atoms with Gasteiger partial charge in [0.25, 0.3) is 0 Å². The fourth-order valence-corrected chi connectivity index (χ4v) is 1.97. The minimum absolute atomic E-state index is 0.0490. The summed E-state index contributed by atoms with van der Waals surface area (Å²) in [5.74, 6) is 0.119. The Morgan fingerprint density at radius 1 is 1.56 bits per heavy atom. The van der Waals surface area contributed by atoms with E-state index in [-0.39, 0.29) is 12.0 Å². The van der Waals surface area contributed by atoms with E-state index in [0.29, 0.717) is 19.1 Å². The van der Waals surface area contributed by atoms with Crippen molar-refractivity contribution >= 4 is 5.91 Å². The second-order valence-electron chi connectivity index (χ2n) is 4.36. The van der Waals surface area contributed by atoms with Crippen molar-refractivity contribution in [2.75, 3.05) is 19.7 Å². The van der Waals surface area contributed by atoms with E-state index in [0.717, 1.165) is 32.4 Å². The van der Waals surface area contributed by atoms with E-state index in [4.69, 9.17) is 4.74 Å². The number of rotatable bonds is 6. The molecule has 1 fully saturated rings. The van der Waals surface area contributed by atoms with Crippen molar-refractivity contribution in [2.45, 2.75) is 51.7 Å². The minimum atomic E-state index is 0.0490. The second kappa shape index (κ2) is 7.63. The van der Waals surface area contributed by atoms with Gasteiger partial charge in [-0.05, 0) is 12.8 Å². The monoisotopic (exact) mass is 228 g/mol. The van der Waals surface area contributed by atoms with Crippen molar-refractivity contribution < 1.29 is 9.53 Å². The van der Waals surface area contributed by atoms with Gasteiger partial charge in [-0.15, -0.1) is 0 Å². The highest BCUT2D eigenvalue weighted by molar-refractivity contribution is 5.76. The van der Waals surface area contributed by atoms with Crippen LogP contribution >= 0.6 is 0 Å². The zero-order valence-corrected chi connectivity index (χ0v) is 10.4. The minimum Gasteiger partial charge on any atom is -0.375 e. The lowest BCUT2D eigenvalue weighted by molar-refractivity contribution is -0.125. The van der Waals surface area contributed by atoms with Crippen molar-refractivity contribution in [3.63, 3.8) is 0 Å². The Bertz CT molecular complexity index is 194. The van der Waals surface area contributed by atoms with E-state index in [9.17, 15) is 4.79 Å². The molecule has 0 aliphatic carbocycles. The number of hydrogen-bond donors (Lipinski definition) is 2. The third kappa shape index (κ3) is 4.94. The topological polar surface area (TPSA) is 50.4 Å². The van der Waals surface area contributed by atoms with Crippen LogP contribution in [0.3, 0.4) is 0 Å². The van der Waals surface area contributed by atoms with Crippen LogP contribution < -0.4 is 10.6 Å². The Hall–Kier alpha value is -0.610. The predicted octanol–water partition coefficient (Wildman–Crippen LogP) is 1.06. The first-order valence-corrected chi connectivity index (χ1v) is 6.38. The number of ether oxygens (including phenoxy) is 1. The smallest absolute Gasteiger partial charge is 0.222 e. The summed E-state index contributed by atoms with van der Waals surface area (Å²) in [6, 6.07) is 0.328. The summed E-state index contributed by atoms with van der Waals surface area (Å²) in [5, 5.41) is 6.30. The number of carbonyl (C=O) groups excluding carboxylic acids is 1. The van der Waals surface area contributed by atoms with Crippen LogP contribution in [0, 0.1) is 0 Å². The maximum absolute atomic E-state index is 11.7. The van der Waals surface area contributed by atoms with E-state index in [1.807, 2.05) is 0 Å². The Morgan fingerprint density at radius 2 is 2.38 bits per heavy atom. The van der Waals surface area contributed by atoms with Crippen molar-refractivity contribution in [3.8, 4) is 0 Å². The molecule has 0 saturated carbocycles. The van der Waals surface area contributed by atoms with Crippen molar-refractivity contribution in [3.05, 3.63) is 0 Å². The summed E-state index contributed by atoms with van der Waals surface area (Å²) < 4.78 is 5.50. The predicted molar refractivity (Wildman–Crippen MR) is 64.4 cm³/mol. The summed E-state index contributed by atoms with van der Waals surface area (Å²) in [6.07, 6.45) is 3.70. The molecule has 0 radical (unpaired) electrons. The fourth-order valence-electron chi connectivity index (χ4n) is 1.97. The molecule has 94 valence electrons. The molecular formula is C12H24N2O2. The standard InChI is InChI=1S/C12H24N2O2/c1-3-5-10(4-2)14-12(15)8-11-9-13-6-7-16-11/h10-11,13H,3-9H2,1-2H3,(H,14,15). The van der Waals surface area contributed by atoms with Gasteiger partial charge < -0.3 is 15.4 Å². The SMILES string of the molecule is CCCC(CC)NC(=O)CC1CNCCO1. The molecule has 1 aliphatic heterocycles. The highest BCUT2D eigenvalue weighted by Crippen LogP contribution is 2.04. The first kappa shape index (κ1) is 13.5. The van der Waals surface area contributed by atoms with Gasteiger partial charge in [0.15, 0.2) is 0 Å². The Morgan fingerprint density at radius 3 is 2.94 bits per heavy atom. The summed E-state index contributed by atoms with van der Waals surface area (Å²) in [4.78, 5) is 11.7. The normalized spacial score (nSPS) is 22.8. The summed E-state index contributed by atoms with van der Waals surface area (Å²) in [6.45, 7) is 6.65. The fraction of sp³-hybridized carbons (Fsp3) is 0.917. The van der Waals surface area contributed by atoms with E-state index in [1.54, 1.807) is 0 Å². The Kier molecular flexibility index (Phi) is 6.42. The lowest BCUT2D eigenvalue weighted by Gasteiger charge is -2.24. The highest BCUT2D eigenvalue weighted by Gasteiger charge is 2.18. The molecule has 2 atom stereocenters. The molecule has 1 heterocycles. The lowest BCUT2D eigenvalue weighted by Crippen LogP contribution is -2.43. The number of carbonyl (C=O) groups is 1. The molecule has 0 aromatic heterocycles. The van der Waals surface area contributed by atoms with Gasteiger partial charge >= 0.3 is 0 Å². The molecule has 0 aromatic rings. The van der Waals surface area contributed by atoms with Crippen LogP contribution in [0.2, 0.25) is 0 Å². The van der Waals surface area contributed by atoms with E-state index in [1.165, 1.54) is 0 Å². The molecule has 0 spiro atoms. The Balaban J connectivity index is 2.22. The van der Waals surface area contributed by atoms with E-state index in [2.05, 4.69) is 24.5 Å². The van der Waals surface area contributed by atoms with Crippen LogP contribution in [0.5, 0.6) is 0 Å². The van der Waals surface area contributed by atoms with Crippen LogP contribution in [0.15, 0.2) is 0 Å². The zero-order valence-electron chi connectivity index (χ0n) is 10.4. The van der Waals surface area contributed by atoms with E-state index >= 15 is 0 Å². The maximum Gasteiger partial charge on any atom is 0.222 e. The molecule has 2 N–H and O–H groups in total. The van der Waals surface area contributed by atoms with Crippen LogP contribution in [-0.2, 0) is 9.53 Å². The molecule has 0 bridgehead atoms. The molecule has 1 rings (SSSR count). The first-order chi connectivity index (χ1) is 7.76. The first-order valence-electron chi connectivity index (χ1n) is 6.38. The summed E-state index contributed by atoms with van der Waals surface area (Å²) in [5.41, 5.74) is 0. The number of amides is 1. The van der Waals surface area contributed by atoms with Crippen LogP contribution in [0.1, 0.15) is 39.5 Å². The van der Waals surface area contributed by atoms with Crippen molar-refractivity contribution in [1.82, 2.24) is 10.6 Å². The van der Waals surface area contributed by atoms with Gasteiger partial charge in [0.2, 0.25) is 5.91 Å². The van der Waals surface area contributed by atoms with Gasteiger partial charge in [-0.1, -0.05) is 20.3 Å². The summed E-state index contributed by atoms with van der Waals surface area (Å²) in [7, 11) is 0. The largest absolute Gasteiger partial charge is 0.375 e. The molecule has 1 saturated heterocycles. The van der Waals surface area contributed by atoms with Gasteiger partial charge in [0.05, 0.1) is 19.1 Å². The van der Waals surface area contributed by atoms with Crippen LogP contribution in [0.25, 0.3) is 0 Å². The van der Waals surface area contributed by atoms with Gasteiger partial charge in [-0.3, -0.25) is 4.79 Å². The van der Waals surface area contributed by atoms with Crippen molar-refractivity contribution in [1.29, 1.82) is 0 Å². The number of nitrogens with one attached hydrogen (secondary N) is 2. The maximum atomic E-state index is 11.7. The van der Waals surface area contributed by atoms with E-state index < -0.39 is 0 Å². The van der Waals surface area contributed by atoms with Gasteiger partial charge in [0.1, 0.15) is 0 Å². The lowest BCUT2D eigenvalue weighted by atomic mass is 10.1. The molecular weight excluding hydrogens is 204 g/mol. The van der Waals surface area contributed by atoms with Crippen LogP contribution in [-0.4, -0.2) is 37.7 Å². The van der Waals surface area contributed by atoms with Gasteiger partial charge in [-0.2, -0.15) is 0 Å². The zero-order chi connectivity index (χ0) is 11.8. The molecule has 2 unspecified atom stereocenters. The number of morpholine rings is 1.